The van der Waals surface area contributed by atoms with Crippen LogP contribution in [0.1, 0.15) is 0 Å². The minimum absolute atomic E-state index is 0. The van der Waals surface area contributed by atoms with Crippen molar-refractivity contribution in [2.45, 2.75) is 0 Å². The van der Waals surface area contributed by atoms with Crippen molar-refractivity contribution in [3.63, 3.8) is 0 Å². The molecule has 0 aromatic rings. The molecule has 0 spiro atoms. The molecule has 0 aromatic carbocycles. The summed E-state index contributed by atoms with van der Waals surface area (Å²) in [7, 11) is 0. The molecule has 0 aliphatic rings. The molecular formula is Al2Lu2O3. The van der Waals surface area contributed by atoms with E-state index in [1.165, 1.54) is 0 Å². The van der Waals surface area contributed by atoms with Gasteiger partial charge in [-0.15, -0.1) is 0 Å². The summed E-state index contributed by atoms with van der Waals surface area (Å²) in [6.45, 7) is 0. The van der Waals surface area contributed by atoms with E-state index in [9.17, 15) is 0 Å². The maximum atomic E-state index is 0. The third-order valence-corrected chi connectivity index (χ3v) is 0. The maximum Gasteiger partial charge on any atom is 3.00 e. The Balaban J connectivity index is 0. The second-order valence-corrected chi connectivity index (χ2v) is 0. The molecule has 0 saturated heterocycles. The predicted octanol–water partition coefficient (Wildman–Crippen LogP) is -1.12. The molecule has 0 saturated carbocycles. The van der Waals surface area contributed by atoms with Gasteiger partial charge in [-0.05, 0) is 0 Å². The molecule has 0 aliphatic carbocycles. The van der Waals surface area contributed by atoms with Crippen LogP contribution in [0.3, 0.4) is 0 Å². The summed E-state index contributed by atoms with van der Waals surface area (Å²) in [5, 5.41) is 0. The van der Waals surface area contributed by atoms with Gasteiger partial charge in [0.1, 0.15) is 0 Å². The second kappa shape index (κ2) is 57.2. The van der Waals surface area contributed by atoms with Crippen molar-refractivity contribution < 1.29 is 90.2 Å². The molecule has 0 bridgehead atoms. The van der Waals surface area contributed by atoms with Crippen molar-refractivity contribution in [1.29, 1.82) is 0 Å². The van der Waals surface area contributed by atoms with Gasteiger partial charge in [0.2, 0.25) is 0 Å². The fourth-order valence-electron chi connectivity index (χ4n) is 0. The van der Waals surface area contributed by atoms with E-state index < -0.39 is 0 Å². The smallest absolute Gasteiger partial charge is 2.00 e. The normalized spacial score (nSPS) is 0. The zero-order chi connectivity index (χ0) is 0. The van der Waals surface area contributed by atoms with Gasteiger partial charge in [-0.25, -0.2) is 0 Å². The summed E-state index contributed by atoms with van der Waals surface area (Å²) >= 11 is 0. The fourth-order valence-corrected chi connectivity index (χ4v) is 0. The minimum Gasteiger partial charge on any atom is -2.00 e. The van der Waals surface area contributed by atoms with Crippen molar-refractivity contribution in [3.8, 4) is 0 Å². The molecule has 54 valence electrons. The standard InChI is InChI=1S/2Al.2Lu.3O/q2*+3;;;3*-2. The number of hydrogen-bond acceptors (Lipinski definition) is 0. The van der Waals surface area contributed by atoms with Crippen LogP contribution in [0.5, 0.6) is 0 Å². The molecule has 0 heterocycles. The van der Waals surface area contributed by atoms with E-state index in [1.54, 1.807) is 0 Å². The Hall–Kier alpha value is 3.41. The molecule has 3 nitrogen and oxygen atoms in total. The fraction of sp³-hybridized carbons (Fsp3) is 0. The summed E-state index contributed by atoms with van der Waals surface area (Å²) < 4.78 is 0. The van der Waals surface area contributed by atoms with Gasteiger partial charge < -0.3 is 16.4 Å². The van der Waals surface area contributed by atoms with Crippen molar-refractivity contribution in [2.75, 3.05) is 0 Å². The Kier molecular flexibility index (Phi) is 647. The van der Waals surface area contributed by atoms with Crippen molar-refractivity contribution in [3.05, 3.63) is 0 Å². The minimum atomic E-state index is 0. The first kappa shape index (κ1) is 79.2. The van der Waals surface area contributed by atoms with Gasteiger partial charge in [0, 0.05) is 73.7 Å². The van der Waals surface area contributed by atoms with E-state index in [2.05, 4.69) is 0 Å². The molecule has 0 rings (SSSR count). The van der Waals surface area contributed by atoms with Crippen LogP contribution in [0, 0.1) is 73.7 Å². The monoisotopic (exact) mass is 452 g/mol. The zero-order valence-corrected chi connectivity index (χ0v) is 8.52. The average Bonchev–Trinajstić information content (AvgIpc) is 0. The number of hydrogen-bond donors (Lipinski definition) is 0. The van der Waals surface area contributed by atoms with Gasteiger partial charge in [-0.1, -0.05) is 0 Å². The third kappa shape index (κ3) is 44.4. The van der Waals surface area contributed by atoms with Crippen molar-refractivity contribution in [2.24, 2.45) is 0 Å². The van der Waals surface area contributed by atoms with E-state index in [4.69, 9.17) is 0 Å². The van der Waals surface area contributed by atoms with E-state index >= 15 is 0 Å². The largest absolute Gasteiger partial charge is 3.00 e. The van der Waals surface area contributed by atoms with Crippen molar-refractivity contribution in [1.82, 2.24) is 0 Å². The Labute approximate surface area is 122 Å². The van der Waals surface area contributed by atoms with Gasteiger partial charge in [-0.2, -0.15) is 0 Å². The molecule has 0 unspecified atom stereocenters. The van der Waals surface area contributed by atoms with E-state index in [-0.39, 0.29) is 125 Å². The summed E-state index contributed by atoms with van der Waals surface area (Å²) in [5.74, 6) is 0. The predicted molar refractivity (Wildman–Crippen MR) is 13.6 cm³/mol. The van der Waals surface area contributed by atoms with E-state index in [0.717, 1.165) is 0 Å². The third-order valence-electron chi connectivity index (χ3n) is 0. The van der Waals surface area contributed by atoms with E-state index in [1.807, 2.05) is 0 Å². The van der Waals surface area contributed by atoms with Gasteiger partial charge in [0.05, 0.1) is 0 Å². The van der Waals surface area contributed by atoms with Crippen LogP contribution in [0.25, 0.3) is 0 Å². The quantitative estimate of drug-likeness (QED) is 0.418. The van der Waals surface area contributed by atoms with Gasteiger partial charge in [0.25, 0.3) is 0 Å². The Morgan fingerprint density at radius 3 is 0.429 bits per heavy atom. The Bertz CT molecular complexity index is 10.9. The van der Waals surface area contributed by atoms with Crippen molar-refractivity contribution >= 4 is 34.7 Å². The first-order valence-electron chi connectivity index (χ1n) is 0. The van der Waals surface area contributed by atoms with Gasteiger partial charge in [-0.3, -0.25) is 0 Å². The molecule has 0 aromatic heterocycles. The summed E-state index contributed by atoms with van der Waals surface area (Å²) in [6.07, 6.45) is 0. The maximum absolute atomic E-state index is 0. The van der Waals surface area contributed by atoms with Gasteiger partial charge >= 0.3 is 34.7 Å². The van der Waals surface area contributed by atoms with Crippen LogP contribution in [0.4, 0.5) is 0 Å². The molecule has 0 atom stereocenters. The number of rotatable bonds is 0. The van der Waals surface area contributed by atoms with Crippen LogP contribution in [-0.4, -0.2) is 34.7 Å². The SMILES string of the molecule is [Al+3].[Al+3].[Lu].[Lu].[O-2].[O-2].[O-2]. The van der Waals surface area contributed by atoms with Gasteiger partial charge in [0.15, 0.2) is 0 Å². The first-order chi connectivity index (χ1) is 0. The zero-order valence-electron chi connectivity index (χ0n) is 2.90. The molecular weight excluding hydrogens is 452 g/mol. The Morgan fingerprint density at radius 2 is 0.429 bits per heavy atom. The Morgan fingerprint density at radius 1 is 0.429 bits per heavy atom. The first-order valence-corrected chi connectivity index (χ1v) is 0. The molecule has 2 radical (unpaired) electrons. The average molecular weight is 452 g/mol. The van der Waals surface area contributed by atoms with Crippen LogP contribution in [0.15, 0.2) is 0 Å². The van der Waals surface area contributed by atoms with E-state index in [0.29, 0.717) is 0 Å². The van der Waals surface area contributed by atoms with Crippen LogP contribution in [-0.2, 0) is 16.4 Å². The molecule has 7 heteroatoms. The molecule has 0 aliphatic heterocycles. The summed E-state index contributed by atoms with van der Waals surface area (Å²) in [5.41, 5.74) is 0. The van der Waals surface area contributed by atoms with Crippen LogP contribution < -0.4 is 0 Å². The molecule has 0 fully saturated rings. The van der Waals surface area contributed by atoms with Crippen LogP contribution in [0.2, 0.25) is 0 Å². The molecule has 0 amide bonds. The summed E-state index contributed by atoms with van der Waals surface area (Å²) in [6, 6.07) is 0. The second-order valence-electron chi connectivity index (χ2n) is 0. The molecule has 0 N–H and O–H groups in total. The summed E-state index contributed by atoms with van der Waals surface area (Å²) in [4.78, 5) is 0. The topological polar surface area (TPSA) is 85.5 Å². The van der Waals surface area contributed by atoms with Crippen LogP contribution >= 0.6 is 0 Å². The molecule has 7 heavy (non-hydrogen) atoms.